The summed E-state index contributed by atoms with van der Waals surface area (Å²) in [5.41, 5.74) is 0.566. The molecule has 0 aromatic heterocycles. The largest absolute Gasteiger partial charge is 0.484 e. The van der Waals surface area contributed by atoms with Crippen LogP contribution in [0.25, 0.3) is 0 Å². The summed E-state index contributed by atoms with van der Waals surface area (Å²) in [5.74, 6) is -0.189. The number of nitrogens with zero attached hydrogens (tertiary/aromatic N) is 1. The number of amides is 2. The standard InChI is InChI=1S/C19H19Cl3N2O3/c1-12(19(26)23-2)24(10-15-16(21)4-3-5-17(15)22)18(25)11-27-14-8-6-13(20)7-9-14/h3-9,12H,10-11H2,1-2H3,(H,23,26). The molecule has 0 aliphatic heterocycles. The van der Waals surface area contributed by atoms with Crippen molar-refractivity contribution in [3.63, 3.8) is 0 Å². The van der Waals surface area contributed by atoms with Crippen LogP contribution >= 0.6 is 34.8 Å². The van der Waals surface area contributed by atoms with Crippen LogP contribution in [0, 0.1) is 0 Å². The molecule has 144 valence electrons. The second-order valence-electron chi connectivity index (χ2n) is 5.75. The molecule has 5 nitrogen and oxygen atoms in total. The van der Waals surface area contributed by atoms with E-state index in [-0.39, 0.29) is 25.0 Å². The first-order valence-electron chi connectivity index (χ1n) is 8.15. The van der Waals surface area contributed by atoms with Crippen LogP contribution in [0.3, 0.4) is 0 Å². The summed E-state index contributed by atoms with van der Waals surface area (Å²) < 4.78 is 5.52. The molecule has 0 aliphatic rings. The highest BCUT2D eigenvalue weighted by molar-refractivity contribution is 6.36. The highest BCUT2D eigenvalue weighted by Gasteiger charge is 2.27. The Morgan fingerprint density at radius 2 is 1.67 bits per heavy atom. The van der Waals surface area contributed by atoms with Gasteiger partial charge in [0.2, 0.25) is 5.91 Å². The summed E-state index contributed by atoms with van der Waals surface area (Å²) in [6.07, 6.45) is 0. The molecule has 2 rings (SSSR count). The van der Waals surface area contributed by atoms with Gasteiger partial charge in [-0.25, -0.2) is 0 Å². The maximum Gasteiger partial charge on any atom is 0.261 e. The lowest BCUT2D eigenvalue weighted by Crippen LogP contribution is -2.48. The van der Waals surface area contributed by atoms with Gasteiger partial charge >= 0.3 is 0 Å². The normalized spacial score (nSPS) is 11.6. The number of carbonyl (C=O) groups excluding carboxylic acids is 2. The molecule has 2 amide bonds. The highest BCUT2D eigenvalue weighted by atomic mass is 35.5. The molecule has 0 fully saturated rings. The third-order valence-electron chi connectivity index (χ3n) is 3.98. The lowest BCUT2D eigenvalue weighted by Gasteiger charge is -2.29. The summed E-state index contributed by atoms with van der Waals surface area (Å²) in [5, 5.41) is 3.95. The Balaban J connectivity index is 2.19. The maximum absolute atomic E-state index is 12.8. The number of hydrogen-bond donors (Lipinski definition) is 1. The van der Waals surface area contributed by atoms with Gasteiger partial charge in [-0.2, -0.15) is 0 Å². The fraction of sp³-hybridized carbons (Fsp3) is 0.263. The first-order chi connectivity index (χ1) is 12.8. The van der Waals surface area contributed by atoms with E-state index in [0.29, 0.717) is 26.4 Å². The monoisotopic (exact) mass is 428 g/mol. The van der Waals surface area contributed by atoms with Crippen LogP contribution in [0.5, 0.6) is 5.75 Å². The molecule has 8 heteroatoms. The van der Waals surface area contributed by atoms with Crippen molar-refractivity contribution in [1.29, 1.82) is 0 Å². The molecule has 0 spiro atoms. The molecule has 0 saturated carbocycles. The third-order valence-corrected chi connectivity index (χ3v) is 4.94. The third kappa shape index (κ3) is 5.76. The first-order valence-corrected chi connectivity index (χ1v) is 9.29. The van der Waals surface area contributed by atoms with Crippen molar-refractivity contribution in [2.45, 2.75) is 19.5 Å². The average molecular weight is 430 g/mol. The van der Waals surface area contributed by atoms with Gasteiger partial charge < -0.3 is 15.0 Å². The lowest BCUT2D eigenvalue weighted by molar-refractivity contribution is -0.142. The first kappa shape index (κ1) is 21.4. The smallest absolute Gasteiger partial charge is 0.261 e. The van der Waals surface area contributed by atoms with E-state index in [1.165, 1.54) is 11.9 Å². The SMILES string of the molecule is CNC(=O)C(C)N(Cc1c(Cl)cccc1Cl)C(=O)COc1ccc(Cl)cc1. The summed E-state index contributed by atoms with van der Waals surface area (Å²) in [4.78, 5) is 26.3. The zero-order valence-electron chi connectivity index (χ0n) is 14.8. The molecule has 1 atom stereocenters. The number of ether oxygens (including phenoxy) is 1. The predicted molar refractivity (Wildman–Crippen MR) is 107 cm³/mol. The zero-order chi connectivity index (χ0) is 20.0. The summed E-state index contributed by atoms with van der Waals surface area (Å²) in [6, 6.07) is 11.0. The molecular formula is C19H19Cl3N2O3. The van der Waals surface area contributed by atoms with Crippen molar-refractivity contribution >= 4 is 46.6 Å². The average Bonchev–Trinajstić information content (AvgIpc) is 2.66. The molecule has 1 unspecified atom stereocenters. The summed E-state index contributed by atoms with van der Waals surface area (Å²) in [6.45, 7) is 1.46. The maximum atomic E-state index is 12.8. The van der Waals surface area contributed by atoms with Crippen LogP contribution in [-0.2, 0) is 16.1 Å². The number of nitrogens with one attached hydrogen (secondary N) is 1. The van der Waals surface area contributed by atoms with Crippen LogP contribution in [-0.4, -0.2) is 36.4 Å². The van der Waals surface area contributed by atoms with Gasteiger partial charge in [0.15, 0.2) is 6.61 Å². The predicted octanol–water partition coefficient (Wildman–Crippen LogP) is 4.19. The molecule has 0 radical (unpaired) electrons. The van der Waals surface area contributed by atoms with Gasteiger partial charge in [0.25, 0.3) is 5.91 Å². The number of halogens is 3. The summed E-state index contributed by atoms with van der Waals surface area (Å²) >= 11 is 18.3. The molecule has 0 heterocycles. The van der Waals surface area contributed by atoms with E-state index in [1.807, 2.05) is 0 Å². The number of carbonyl (C=O) groups is 2. The molecule has 0 bridgehead atoms. The Morgan fingerprint density at radius 3 is 2.22 bits per heavy atom. The second kappa shape index (κ2) is 9.83. The molecule has 27 heavy (non-hydrogen) atoms. The number of benzene rings is 2. The molecule has 0 aliphatic carbocycles. The zero-order valence-corrected chi connectivity index (χ0v) is 17.1. The van der Waals surface area contributed by atoms with Crippen molar-refractivity contribution in [1.82, 2.24) is 10.2 Å². The van der Waals surface area contributed by atoms with Crippen molar-refractivity contribution in [3.8, 4) is 5.75 Å². The van der Waals surface area contributed by atoms with E-state index in [9.17, 15) is 9.59 Å². The van der Waals surface area contributed by atoms with Gasteiger partial charge in [0.1, 0.15) is 11.8 Å². The lowest BCUT2D eigenvalue weighted by atomic mass is 10.1. The van der Waals surface area contributed by atoms with E-state index < -0.39 is 6.04 Å². The van der Waals surface area contributed by atoms with Gasteiger partial charge in [0.05, 0.1) is 0 Å². The minimum atomic E-state index is -0.733. The highest BCUT2D eigenvalue weighted by Crippen LogP contribution is 2.26. The number of hydrogen-bond acceptors (Lipinski definition) is 3. The van der Waals surface area contributed by atoms with Crippen molar-refractivity contribution < 1.29 is 14.3 Å². The minimum Gasteiger partial charge on any atom is -0.484 e. The van der Waals surface area contributed by atoms with Gasteiger partial charge in [-0.05, 0) is 43.3 Å². The number of rotatable bonds is 7. The van der Waals surface area contributed by atoms with E-state index in [1.54, 1.807) is 49.4 Å². The van der Waals surface area contributed by atoms with Crippen molar-refractivity contribution in [2.75, 3.05) is 13.7 Å². The van der Waals surface area contributed by atoms with Crippen molar-refractivity contribution in [3.05, 3.63) is 63.1 Å². The fourth-order valence-corrected chi connectivity index (χ4v) is 3.05. The van der Waals surface area contributed by atoms with Crippen LogP contribution in [0.1, 0.15) is 12.5 Å². The Bertz CT molecular complexity index is 792. The van der Waals surface area contributed by atoms with E-state index >= 15 is 0 Å². The van der Waals surface area contributed by atoms with E-state index in [4.69, 9.17) is 39.5 Å². The Labute approximate surface area is 173 Å². The van der Waals surface area contributed by atoms with Crippen LogP contribution in [0.4, 0.5) is 0 Å². The van der Waals surface area contributed by atoms with Crippen molar-refractivity contribution in [2.24, 2.45) is 0 Å². The topological polar surface area (TPSA) is 58.6 Å². The minimum absolute atomic E-state index is 0.0793. The Morgan fingerprint density at radius 1 is 1.07 bits per heavy atom. The Kier molecular flexibility index (Phi) is 7.78. The van der Waals surface area contributed by atoms with Gasteiger partial charge in [-0.15, -0.1) is 0 Å². The van der Waals surface area contributed by atoms with Gasteiger partial charge in [0, 0.05) is 34.2 Å². The Hall–Kier alpha value is -1.95. The molecular weight excluding hydrogens is 411 g/mol. The van der Waals surface area contributed by atoms with E-state index in [0.717, 1.165) is 0 Å². The van der Waals surface area contributed by atoms with Crippen LogP contribution in [0.2, 0.25) is 15.1 Å². The number of likely N-dealkylation sites (N-methyl/N-ethyl adjacent to an activating group) is 1. The van der Waals surface area contributed by atoms with Crippen LogP contribution < -0.4 is 10.1 Å². The molecule has 2 aromatic carbocycles. The quantitative estimate of drug-likeness (QED) is 0.718. The van der Waals surface area contributed by atoms with Crippen LogP contribution in [0.15, 0.2) is 42.5 Å². The fourth-order valence-electron chi connectivity index (χ4n) is 2.40. The molecule has 0 saturated heterocycles. The van der Waals surface area contributed by atoms with E-state index in [2.05, 4.69) is 5.32 Å². The second-order valence-corrected chi connectivity index (χ2v) is 7.01. The van der Waals surface area contributed by atoms with Gasteiger partial charge in [-0.3, -0.25) is 9.59 Å². The molecule has 1 N–H and O–H groups in total. The molecule has 2 aromatic rings. The van der Waals surface area contributed by atoms with Gasteiger partial charge in [-0.1, -0.05) is 40.9 Å². The summed E-state index contributed by atoms with van der Waals surface area (Å²) in [7, 11) is 1.51.